The van der Waals surface area contributed by atoms with E-state index in [1.807, 2.05) is 0 Å². The largest absolute Gasteiger partial charge is 0.352 e. The van der Waals surface area contributed by atoms with Crippen molar-refractivity contribution < 1.29 is 4.79 Å². The lowest BCUT2D eigenvalue weighted by Gasteiger charge is -2.32. The molecule has 1 aromatic rings. The van der Waals surface area contributed by atoms with E-state index in [1.54, 1.807) is 0 Å². The molecule has 1 aromatic carbocycles. The Hall–Kier alpha value is -1.35. The molecule has 2 atom stereocenters. The van der Waals surface area contributed by atoms with Crippen LogP contribution in [-0.4, -0.2) is 18.5 Å². The van der Waals surface area contributed by atoms with Gasteiger partial charge in [0.2, 0.25) is 5.91 Å². The third kappa shape index (κ3) is 3.85. The summed E-state index contributed by atoms with van der Waals surface area (Å²) < 4.78 is 0. The van der Waals surface area contributed by atoms with Crippen molar-refractivity contribution in [2.24, 2.45) is 5.92 Å². The molecule has 114 valence electrons. The summed E-state index contributed by atoms with van der Waals surface area (Å²) >= 11 is 0. The van der Waals surface area contributed by atoms with Crippen LogP contribution in [0.2, 0.25) is 0 Å². The number of carbonyl (C=O) groups is 1. The van der Waals surface area contributed by atoms with Gasteiger partial charge in [-0.3, -0.25) is 4.79 Å². The third-order valence-electron chi connectivity index (χ3n) is 4.95. The summed E-state index contributed by atoms with van der Waals surface area (Å²) in [6, 6.07) is 11.6. The highest BCUT2D eigenvalue weighted by molar-refractivity contribution is 5.78. The fourth-order valence-electron chi connectivity index (χ4n) is 3.78. The van der Waals surface area contributed by atoms with Crippen LogP contribution in [0.1, 0.15) is 56.6 Å². The van der Waals surface area contributed by atoms with Gasteiger partial charge in [-0.1, -0.05) is 49.6 Å². The Balaban J connectivity index is 1.65. The molecule has 3 rings (SSSR count). The third-order valence-corrected chi connectivity index (χ3v) is 4.95. The van der Waals surface area contributed by atoms with Gasteiger partial charge in [-0.05, 0) is 30.7 Å². The molecule has 1 saturated heterocycles. The molecule has 1 saturated carbocycles. The zero-order valence-corrected chi connectivity index (χ0v) is 12.7. The van der Waals surface area contributed by atoms with E-state index in [0.29, 0.717) is 18.5 Å². The van der Waals surface area contributed by atoms with Crippen molar-refractivity contribution in [3.05, 3.63) is 35.9 Å². The van der Waals surface area contributed by atoms with E-state index in [0.717, 1.165) is 18.9 Å². The van der Waals surface area contributed by atoms with Gasteiger partial charge < -0.3 is 10.6 Å². The predicted molar refractivity (Wildman–Crippen MR) is 84.9 cm³/mol. The number of carbonyl (C=O) groups excluding carboxylic acids is 1. The van der Waals surface area contributed by atoms with E-state index in [1.165, 1.54) is 37.7 Å². The minimum atomic E-state index is 0.204. The summed E-state index contributed by atoms with van der Waals surface area (Å²) in [6.45, 7) is 0.891. The Morgan fingerprint density at radius 2 is 1.86 bits per heavy atom. The Morgan fingerprint density at radius 3 is 2.52 bits per heavy atom. The number of nitrogens with one attached hydrogen (secondary N) is 2. The first kappa shape index (κ1) is 14.6. The normalized spacial score (nSPS) is 24.8. The van der Waals surface area contributed by atoms with Crippen molar-refractivity contribution in [1.82, 2.24) is 10.6 Å². The first-order chi connectivity index (χ1) is 10.3. The smallest absolute Gasteiger partial charge is 0.220 e. The Labute approximate surface area is 127 Å². The highest BCUT2D eigenvalue weighted by Crippen LogP contribution is 2.34. The van der Waals surface area contributed by atoms with Crippen LogP contribution in [0.15, 0.2) is 30.3 Å². The van der Waals surface area contributed by atoms with Gasteiger partial charge in [-0.25, -0.2) is 0 Å². The molecule has 3 heteroatoms. The van der Waals surface area contributed by atoms with Crippen LogP contribution in [0, 0.1) is 5.92 Å². The molecule has 1 aliphatic heterocycles. The van der Waals surface area contributed by atoms with Crippen LogP contribution in [0.4, 0.5) is 0 Å². The van der Waals surface area contributed by atoms with Gasteiger partial charge in [0.25, 0.3) is 0 Å². The summed E-state index contributed by atoms with van der Waals surface area (Å²) in [5.41, 5.74) is 1.40. The number of hydrogen-bond donors (Lipinski definition) is 2. The van der Waals surface area contributed by atoms with Crippen molar-refractivity contribution in [3.63, 3.8) is 0 Å². The molecule has 0 radical (unpaired) electrons. The average molecular weight is 286 g/mol. The monoisotopic (exact) mass is 286 g/mol. The SMILES string of the molecule is O=C1CCC(CNC(c2ccccc2)C2CCCCC2)N1. The first-order valence-electron chi connectivity index (χ1n) is 8.40. The molecule has 0 bridgehead atoms. The summed E-state index contributed by atoms with van der Waals surface area (Å²) in [5, 5.41) is 6.82. The summed E-state index contributed by atoms with van der Waals surface area (Å²) in [7, 11) is 0. The molecule has 2 unspecified atom stereocenters. The molecular formula is C18H26N2O. The topological polar surface area (TPSA) is 41.1 Å². The minimum Gasteiger partial charge on any atom is -0.352 e. The Morgan fingerprint density at radius 1 is 1.10 bits per heavy atom. The molecule has 2 fully saturated rings. The highest BCUT2D eigenvalue weighted by Gasteiger charge is 2.27. The van der Waals surface area contributed by atoms with E-state index in [-0.39, 0.29) is 5.91 Å². The zero-order chi connectivity index (χ0) is 14.5. The second-order valence-electron chi connectivity index (χ2n) is 6.50. The Bertz CT molecular complexity index is 454. The van der Waals surface area contributed by atoms with E-state index >= 15 is 0 Å². The van der Waals surface area contributed by atoms with Gasteiger partial charge in [0.15, 0.2) is 0 Å². The lowest BCUT2D eigenvalue weighted by Crippen LogP contribution is -2.39. The number of benzene rings is 1. The summed E-state index contributed by atoms with van der Waals surface area (Å²) in [6.07, 6.45) is 8.40. The van der Waals surface area contributed by atoms with Crippen LogP contribution in [0.3, 0.4) is 0 Å². The molecule has 1 aliphatic carbocycles. The lowest BCUT2D eigenvalue weighted by atomic mass is 9.81. The van der Waals surface area contributed by atoms with E-state index in [4.69, 9.17) is 0 Å². The average Bonchev–Trinajstić information content (AvgIpc) is 2.95. The molecule has 21 heavy (non-hydrogen) atoms. The van der Waals surface area contributed by atoms with Gasteiger partial charge >= 0.3 is 0 Å². The predicted octanol–water partition coefficient (Wildman–Crippen LogP) is 3.18. The molecule has 2 N–H and O–H groups in total. The van der Waals surface area contributed by atoms with Gasteiger partial charge in [0.05, 0.1) is 0 Å². The number of amides is 1. The van der Waals surface area contributed by atoms with Crippen molar-refractivity contribution in [1.29, 1.82) is 0 Å². The Kier molecular flexibility index (Phi) is 4.91. The number of rotatable bonds is 5. The molecular weight excluding hydrogens is 260 g/mol. The van der Waals surface area contributed by atoms with Gasteiger partial charge in [0.1, 0.15) is 0 Å². The standard InChI is InChI=1S/C18H26N2O/c21-17-12-11-16(20-17)13-19-18(14-7-3-1-4-8-14)15-9-5-2-6-10-15/h1,3-4,7-8,15-16,18-19H,2,5-6,9-13H2,(H,20,21). The fourth-order valence-corrected chi connectivity index (χ4v) is 3.78. The molecule has 2 aliphatic rings. The summed E-state index contributed by atoms with van der Waals surface area (Å²) in [5.74, 6) is 0.939. The van der Waals surface area contributed by atoms with Crippen molar-refractivity contribution in [3.8, 4) is 0 Å². The van der Waals surface area contributed by atoms with Crippen molar-refractivity contribution >= 4 is 5.91 Å². The molecule has 0 spiro atoms. The van der Waals surface area contributed by atoms with E-state index in [9.17, 15) is 4.79 Å². The van der Waals surface area contributed by atoms with Crippen LogP contribution < -0.4 is 10.6 Å². The van der Waals surface area contributed by atoms with E-state index < -0.39 is 0 Å². The maximum Gasteiger partial charge on any atom is 0.220 e. The van der Waals surface area contributed by atoms with Crippen LogP contribution in [0.5, 0.6) is 0 Å². The van der Waals surface area contributed by atoms with Gasteiger partial charge in [0, 0.05) is 25.0 Å². The second kappa shape index (κ2) is 7.08. The quantitative estimate of drug-likeness (QED) is 0.873. The van der Waals surface area contributed by atoms with Crippen LogP contribution in [-0.2, 0) is 4.79 Å². The maximum atomic E-state index is 11.3. The van der Waals surface area contributed by atoms with Crippen LogP contribution in [0.25, 0.3) is 0 Å². The molecule has 1 amide bonds. The fraction of sp³-hybridized carbons (Fsp3) is 0.611. The second-order valence-corrected chi connectivity index (χ2v) is 6.50. The minimum absolute atomic E-state index is 0.204. The van der Waals surface area contributed by atoms with E-state index in [2.05, 4.69) is 41.0 Å². The zero-order valence-electron chi connectivity index (χ0n) is 12.7. The molecule has 3 nitrogen and oxygen atoms in total. The first-order valence-corrected chi connectivity index (χ1v) is 8.40. The van der Waals surface area contributed by atoms with Gasteiger partial charge in [-0.15, -0.1) is 0 Å². The molecule has 1 heterocycles. The van der Waals surface area contributed by atoms with Gasteiger partial charge in [-0.2, -0.15) is 0 Å². The maximum absolute atomic E-state index is 11.3. The summed E-state index contributed by atoms with van der Waals surface area (Å²) in [4.78, 5) is 11.3. The lowest BCUT2D eigenvalue weighted by molar-refractivity contribution is -0.119. The van der Waals surface area contributed by atoms with Crippen LogP contribution >= 0.6 is 0 Å². The van der Waals surface area contributed by atoms with Crippen molar-refractivity contribution in [2.75, 3.05) is 6.54 Å². The van der Waals surface area contributed by atoms with Crippen molar-refractivity contribution in [2.45, 2.75) is 57.0 Å². The highest BCUT2D eigenvalue weighted by atomic mass is 16.1. The molecule has 0 aromatic heterocycles. The number of hydrogen-bond acceptors (Lipinski definition) is 2.